The molecule has 0 aromatic heterocycles. The molecule has 2 bridgehead atoms. The summed E-state index contributed by atoms with van der Waals surface area (Å²) in [6, 6.07) is 13.0. The van der Waals surface area contributed by atoms with Crippen molar-refractivity contribution in [2.75, 3.05) is 26.7 Å². The molecule has 6 atom stereocenters. The molecule has 7 nitrogen and oxygen atoms in total. The van der Waals surface area contributed by atoms with Crippen molar-refractivity contribution in [2.24, 2.45) is 5.92 Å². The van der Waals surface area contributed by atoms with Crippen molar-refractivity contribution < 1.29 is 29.4 Å². The van der Waals surface area contributed by atoms with Gasteiger partial charge in [-0.05, 0) is 49.4 Å². The molecule has 1 saturated heterocycles. The van der Waals surface area contributed by atoms with Gasteiger partial charge in [0.2, 0.25) is 0 Å². The van der Waals surface area contributed by atoms with E-state index in [1.807, 2.05) is 43.4 Å². The van der Waals surface area contributed by atoms with Crippen molar-refractivity contribution in [3.05, 3.63) is 53.6 Å². The van der Waals surface area contributed by atoms with Crippen molar-refractivity contribution in [3.8, 4) is 17.2 Å². The predicted octanol–water partition coefficient (Wildman–Crippen LogP) is 1.45. The highest BCUT2D eigenvalue weighted by atomic mass is 16.5. The summed E-state index contributed by atoms with van der Waals surface area (Å²) >= 11 is 0. The number of nitrogens with one attached hydrogen (secondary N) is 1. The minimum atomic E-state index is -0.910. The molecule has 1 spiro atoms. The van der Waals surface area contributed by atoms with Crippen molar-refractivity contribution in [1.82, 2.24) is 4.90 Å². The Bertz CT molecular complexity index is 1200. The highest BCUT2D eigenvalue weighted by Crippen LogP contribution is 2.64. The fourth-order valence-electron chi connectivity index (χ4n) is 8.03. The van der Waals surface area contributed by atoms with Gasteiger partial charge < -0.3 is 29.5 Å². The van der Waals surface area contributed by atoms with Gasteiger partial charge >= 0.3 is 0 Å². The van der Waals surface area contributed by atoms with Gasteiger partial charge in [-0.2, -0.15) is 0 Å². The molecule has 2 aromatic rings. The summed E-state index contributed by atoms with van der Waals surface area (Å²) in [5.41, 5.74) is 0.676. The van der Waals surface area contributed by atoms with Gasteiger partial charge in [-0.3, -0.25) is 4.79 Å². The van der Waals surface area contributed by atoms with Crippen LogP contribution in [0.2, 0.25) is 0 Å². The number of benzene rings is 2. The molecule has 1 amide bonds. The number of likely N-dealkylation sites (N-methyl/N-ethyl adjacent to an activating group) is 1. The Labute approximate surface area is 211 Å². The zero-order valence-corrected chi connectivity index (χ0v) is 20.8. The van der Waals surface area contributed by atoms with Crippen LogP contribution in [0, 0.1) is 5.92 Å². The van der Waals surface area contributed by atoms with Gasteiger partial charge in [0.05, 0.1) is 24.5 Å². The Hall–Kier alpha value is -2.77. The number of amides is 1. The van der Waals surface area contributed by atoms with Crippen LogP contribution in [0.3, 0.4) is 0 Å². The van der Waals surface area contributed by atoms with E-state index in [9.17, 15) is 15.0 Å². The third-order valence-electron chi connectivity index (χ3n) is 9.92. The molecular formula is C29H35N2O5+. The van der Waals surface area contributed by atoms with E-state index in [-0.39, 0.29) is 30.3 Å². The summed E-state index contributed by atoms with van der Waals surface area (Å²) in [7, 11) is 1.82. The number of hydrogen-bond acceptors (Lipinski definition) is 5. The Morgan fingerprint density at radius 1 is 1.17 bits per heavy atom. The van der Waals surface area contributed by atoms with Crippen molar-refractivity contribution in [1.29, 1.82) is 0 Å². The first kappa shape index (κ1) is 22.4. The van der Waals surface area contributed by atoms with Crippen LogP contribution in [-0.2, 0) is 16.6 Å². The van der Waals surface area contributed by atoms with Gasteiger partial charge in [-0.25, -0.2) is 0 Å². The molecule has 0 radical (unpaired) electrons. The largest absolute Gasteiger partial charge is 0.504 e. The maximum Gasteiger partial charge on any atom is 0.260 e. The lowest BCUT2D eigenvalue weighted by molar-refractivity contribution is -0.944. The second-order valence-corrected chi connectivity index (χ2v) is 11.7. The quantitative estimate of drug-likeness (QED) is 0.570. The smallest absolute Gasteiger partial charge is 0.260 e. The first-order chi connectivity index (χ1) is 17.4. The zero-order valence-electron chi connectivity index (χ0n) is 20.8. The highest BCUT2D eigenvalue weighted by molar-refractivity contribution is 5.78. The second-order valence-electron chi connectivity index (χ2n) is 11.7. The number of carbonyl (C=O) groups excluding carboxylic acids is 1. The van der Waals surface area contributed by atoms with Crippen LogP contribution in [0.15, 0.2) is 42.5 Å². The number of piperidine rings is 1. The summed E-state index contributed by atoms with van der Waals surface area (Å²) in [5, 5.41) is 23.4. The SMILES string of the molecule is CN(C(=O)COc1ccccc1)[C@H]1CC[C@@]2(O)[C@H]3Cc4ccc(O)c5c4[C@@]2(CC[NH+]3CC2CC2)[C@H]1O5. The van der Waals surface area contributed by atoms with Crippen LogP contribution < -0.4 is 14.4 Å². The Balaban J connectivity index is 1.23. The number of aliphatic hydroxyl groups is 1. The number of hydrogen-bond donors (Lipinski definition) is 3. The molecule has 3 N–H and O–H groups in total. The van der Waals surface area contributed by atoms with Crippen molar-refractivity contribution in [3.63, 3.8) is 0 Å². The van der Waals surface area contributed by atoms with Crippen LogP contribution in [-0.4, -0.2) is 71.6 Å². The van der Waals surface area contributed by atoms with Crippen LogP contribution in [0.5, 0.6) is 17.2 Å². The van der Waals surface area contributed by atoms with Crippen molar-refractivity contribution >= 4 is 5.91 Å². The summed E-state index contributed by atoms with van der Waals surface area (Å²) in [6.07, 6.45) is 5.11. The third-order valence-corrected chi connectivity index (χ3v) is 9.92. The number of nitrogens with zero attached hydrogens (tertiary/aromatic N) is 1. The van der Waals surface area contributed by atoms with E-state index >= 15 is 0 Å². The number of carbonyl (C=O) groups is 1. The molecule has 1 unspecified atom stereocenters. The van der Waals surface area contributed by atoms with Gasteiger partial charge in [0, 0.05) is 31.4 Å². The number of likely N-dealkylation sites (tertiary alicyclic amines) is 1. The third kappa shape index (κ3) is 3.02. The normalized spacial score (nSPS) is 35.5. The van der Waals surface area contributed by atoms with E-state index in [2.05, 4.69) is 0 Å². The Kier molecular flexibility index (Phi) is 4.90. The predicted molar refractivity (Wildman–Crippen MR) is 132 cm³/mol. The molecule has 5 aliphatic rings. The van der Waals surface area contributed by atoms with Crippen LogP contribution in [0.1, 0.15) is 43.2 Å². The molecule has 3 aliphatic carbocycles. The summed E-state index contributed by atoms with van der Waals surface area (Å²) in [4.78, 5) is 16.6. The fourth-order valence-corrected chi connectivity index (χ4v) is 8.03. The maximum absolute atomic E-state index is 13.3. The molecule has 2 aromatic carbocycles. The number of phenolic OH excluding ortho intramolecular Hbond substituents is 1. The number of ether oxygens (including phenoxy) is 2. The van der Waals surface area contributed by atoms with E-state index < -0.39 is 17.1 Å². The van der Waals surface area contributed by atoms with E-state index in [4.69, 9.17) is 9.47 Å². The molecule has 190 valence electrons. The molecule has 7 rings (SSSR count). The highest BCUT2D eigenvalue weighted by Gasteiger charge is 2.75. The Morgan fingerprint density at radius 3 is 2.75 bits per heavy atom. The summed E-state index contributed by atoms with van der Waals surface area (Å²) in [5.74, 6) is 1.99. The average molecular weight is 492 g/mol. The van der Waals surface area contributed by atoms with Gasteiger partial charge in [-0.1, -0.05) is 24.3 Å². The summed E-state index contributed by atoms with van der Waals surface area (Å²) < 4.78 is 12.4. The van der Waals surface area contributed by atoms with E-state index in [0.717, 1.165) is 37.4 Å². The van der Waals surface area contributed by atoms with Crippen LogP contribution >= 0.6 is 0 Å². The van der Waals surface area contributed by atoms with Gasteiger partial charge in [0.1, 0.15) is 23.5 Å². The number of quaternary nitrogens is 1. The molecule has 2 heterocycles. The molecule has 2 saturated carbocycles. The minimum absolute atomic E-state index is 0.0492. The van der Waals surface area contributed by atoms with Gasteiger partial charge in [0.15, 0.2) is 18.1 Å². The first-order valence-electron chi connectivity index (χ1n) is 13.4. The first-order valence-corrected chi connectivity index (χ1v) is 13.4. The molecule has 2 aliphatic heterocycles. The lowest BCUT2D eigenvalue weighted by Gasteiger charge is -2.62. The molecule has 7 heteroatoms. The minimum Gasteiger partial charge on any atom is -0.504 e. The topological polar surface area (TPSA) is 83.7 Å². The Morgan fingerprint density at radius 2 is 1.97 bits per heavy atom. The van der Waals surface area contributed by atoms with E-state index in [1.54, 1.807) is 11.0 Å². The van der Waals surface area contributed by atoms with Gasteiger partial charge in [0.25, 0.3) is 5.91 Å². The standard InChI is InChI=1S/C29H34N2O5/c1-30(24(33)17-35-20-5-3-2-4-6-20)21-11-12-29(34)23-15-19-9-10-22(32)26-25(19)28(29,27(21)36-26)13-14-31(23)16-18-7-8-18/h2-6,9-10,18,21,23,27,32,34H,7-8,11-17H2,1H3/p+1/t21-,23+,27-,28-,29+/m0/s1. The van der Waals surface area contributed by atoms with Gasteiger partial charge in [-0.15, -0.1) is 0 Å². The monoisotopic (exact) mass is 491 g/mol. The number of rotatable bonds is 6. The van der Waals surface area contributed by atoms with Crippen LogP contribution in [0.4, 0.5) is 0 Å². The molecule has 3 fully saturated rings. The maximum atomic E-state index is 13.3. The van der Waals surface area contributed by atoms with Crippen molar-refractivity contribution in [2.45, 2.75) is 67.7 Å². The van der Waals surface area contributed by atoms with E-state index in [1.165, 1.54) is 23.3 Å². The summed E-state index contributed by atoms with van der Waals surface area (Å²) in [6.45, 7) is 2.07. The molecular weight excluding hydrogens is 456 g/mol. The average Bonchev–Trinajstić information content (AvgIpc) is 3.63. The zero-order chi connectivity index (χ0) is 24.7. The lowest BCUT2D eigenvalue weighted by Crippen LogP contribution is -3.21. The molecule has 36 heavy (non-hydrogen) atoms. The van der Waals surface area contributed by atoms with Crippen LogP contribution in [0.25, 0.3) is 0 Å². The second kappa shape index (κ2) is 7.86. The fraction of sp³-hybridized carbons (Fsp3) is 0.552. The number of para-hydroxylation sites is 1. The number of aromatic hydroxyl groups is 1. The van der Waals surface area contributed by atoms with E-state index in [0.29, 0.717) is 24.3 Å². The number of phenols is 1. The lowest BCUT2D eigenvalue weighted by atomic mass is 9.48.